The van der Waals surface area contributed by atoms with Crippen LogP contribution in [0.25, 0.3) is 0 Å². The van der Waals surface area contributed by atoms with Crippen molar-refractivity contribution in [3.63, 3.8) is 0 Å². The Morgan fingerprint density at radius 3 is 0.538 bits per heavy atom. The fourth-order valence-corrected chi connectivity index (χ4v) is 13.3. The second-order valence-corrected chi connectivity index (χ2v) is 28.7. The second kappa shape index (κ2) is 73.9. The van der Waals surface area contributed by atoms with Crippen LogP contribution in [0.4, 0.5) is 0 Å². The minimum atomic E-state index is -2.33. The molecule has 0 amide bonds. The number of rotatable bonds is 82. The lowest BCUT2D eigenvalue weighted by atomic mass is 10.0. The molecule has 0 unspecified atom stereocenters. The van der Waals surface area contributed by atoms with Gasteiger partial charge < -0.3 is 33.5 Å². The van der Waals surface area contributed by atoms with Crippen LogP contribution < -0.4 is 5.32 Å². The van der Waals surface area contributed by atoms with Crippen molar-refractivity contribution < 1.29 is 33.5 Å². The van der Waals surface area contributed by atoms with Crippen LogP contribution in [0.5, 0.6) is 0 Å². The van der Waals surface area contributed by atoms with E-state index < -0.39 is 17.7 Å². The van der Waals surface area contributed by atoms with Crippen molar-refractivity contribution in [2.75, 3.05) is 46.2 Å². The summed E-state index contributed by atoms with van der Waals surface area (Å²) >= 11 is 0. The van der Waals surface area contributed by atoms with Crippen LogP contribution in [0.2, 0.25) is 0 Å². The zero-order valence-corrected chi connectivity index (χ0v) is 63.5. The lowest BCUT2D eigenvalue weighted by Gasteiger charge is -2.53. The van der Waals surface area contributed by atoms with Gasteiger partial charge in [-0.2, -0.15) is 0 Å². The Morgan fingerprint density at radius 1 is 0.187 bits per heavy atom. The maximum atomic E-state index is 14.2. The Bertz CT molecular complexity index is 1260. The van der Waals surface area contributed by atoms with Crippen molar-refractivity contribution in [2.24, 2.45) is 0 Å². The molecule has 2 N–H and O–H groups in total. The Balaban J connectivity index is 7.77. The summed E-state index contributed by atoms with van der Waals surface area (Å²) in [6.45, 7) is 19.1. The molecule has 0 bridgehead atoms. The first-order valence-electron chi connectivity index (χ1n) is 42.2. The summed E-state index contributed by atoms with van der Waals surface area (Å²) in [4.78, 5) is 0. The van der Waals surface area contributed by atoms with Gasteiger partial charge in [-0.3, -0.25) is 5.32 Å². The van der Waals surface area contributed by atoms with Gasteiger partial charge in [0.2, 0.25) is 0 Å². The van der Waals surface area contributed by atoms with E-state index in [0.717, 1.165) is 89.9 Å². The molecule has 0 radical (unpaired) electrons. The first-order valence-corrected chi connectivity index (χ1v) is 42.2. The molecular weight excluding hydrogens is 1120 g/mol. The Labute approximate surface area is 572 Å². The average Bonchev–Trinajstić information content (AvgIpc) is 0.733. The molecule has 0 aromatic heterocycles. The van der Waals surface area contributed by atoms with Crippen LogP contribution in [0.1, 0.15) is 472 Å². The quantitative estimate of drug-likeness (QED) is 0.0460. The van der Waals surface area contributed by atoms with Crippen LogP contribution in [-0.2, 0) is 28.4 Å². The summed E-state index contributed by atoms with van der Waals surface area (Å²) in [6.07, 6.45) is 80.9. The lowest BCUT2D eigenvalue weighted by Crippen LogP contribution is -2.79. The summed E-state index contributed by atoms with van der Waals surface area (Å²) < 4.78 is 44.6. The normalized spacial score (nSPS) is 12.4. The molecule has 0 fully saturated rings. The molecule has 91 heavy (non-hydrogen) atoms. The number of hydrogen-bond donors (Lipinski definition) is 2. The molecule has 0 aliphatic rings. The third-order valence-corrected chi connectivity index (χ3v) is 19.5. The monoisotopic (exact) mass is 1290 g/mol. The van der Waals surface area contributed by atoms with E-state index in [-0.39, 0.29) is 0 Å². The molecular formula is C83H169NO7. The minimum Gasteiger partial charge on any atom is -0.339 e. The van der Waals surface area contributed by atoms with E-state index in [1.54, 1.807) is 0 Å². The SMILES string of the molecule is CCCCCCCCCCCCOC(O)(OCCCCCCCCCCCC)C(OCCCCCCCCCCCC)(OCCCCCCCCCCCC)C(NCCCCCCCC)(OCCCCCCCCCCCC)OCCCCCCCCCCCC. The third-order valence-electron chi connectivity index (χ3n) is 19.5. The van der Waals surface area contributed by atoms with E-state index in [4.69, 9.17) is 28.4 Å². The maximum absolute atomic E-state index is 14.2. The van der Waals surface area contributed by atoms with Crippen LogP contribution >= 0.6 is 0 Å². The van der Waals surface area contributed by atoms with Crippen LogP contribution in [-0.4, -0.2) is 69.0 Å². The van der Waals surface area contributed by atoms with E-state index in [0.29, 0.717) is 46.2 Å². The zero-order valence-electron chi connectivity index (χ0n) is 63.5. The average molecular weight is 1290 g/mol. The highest BCUT2D eigenvalue weighted by molar-refractivity contribution is 4.96. The van der Waals surface area contributed by atoms with Crippen LogP contribution in [0, 0.1) is 0 Å². The standard InChI is InChI=1S/C83H169NO7/c1-8-15-22-29-36-42-48-54-61-68-75-86-81(87-76-69-62-55-49-43-37-30-23-16-9-2,83(85,90-79-72-65-58-52-46-40-33-26-19-12-5)91-80-73-66-59-53-47-41-34-27-20-13-6)82(84-74-67-60-35-28-21-14-7,88-77-70-63-56-50-44-38-31-24-17-10-3)89-78-71-64-57-51-45-39-32-25-18-11-4/h84-85H,8-80H2,1-7H3. The van der Waals surface area contributed by atoms with E-state index in [9.17, 15) is 5.11 Å². The molecule has 0 aliphatic heterocycles. The van der Waals surface area contributed by atoms with E-state index in [1.807, 2.05) is 0 Å². The van der Waals surface area contributed by atoms with Crippen molar-refractivity contribution in [3.8, 4) is 0 Å². The summed E-state index contributed by atoms with van der Waals surface area (Å²) in [7, 11) is 0. The van der Waals surface area contributed by atoms with Gasteiger partial charge in [-0.05, 0) is 44.9 Å². The van der Waals surface area contributed by atoms with Gasteiger partial charge in [0.1, 0.15) is 0 Å². The van der Waals surface area contributed by atoms with Crippen molar-refractivity contribution >= 4 is 0 Å². The molecule has 0 saturated carbocycles. The summed E-state index contributed by atoms with van der Waals surface area (Å²) in [5.41, 5.74) is 0. The predicted molar refractivity (Wildman–Crippen MR) is 399 cm³/mol. The van der Waals surface area contributed by atoms with Crippen LogP contribution in [0.15, 0.2) is 0 Å². The fraction of sp³-hybridized carbons (Fsp3) is 1.00. The van der Waals surface area contributed by atoms with Gasteiger partial charge >= 0.3 is 11.8 Å². The Hall–Kier alpha value is -0.320. The molecule has 548 valence electrons. The van der Waals surface area contributed by atoms with Gasteiger partial charge in [0.05, 0.1) is 39.6 Å². The third kappa shape index (κ3) is 55.3. The number of nitrogens with one attached hydrogen (secondary N) is 1. The number of unbranched alkanes of at least 4 members (excludes halogenated alkanes) is 59. The summed E-state index contributed by atoms with van der Waals surface area (Å²) in [6, 6.07) is 0. The molecule has 0 aromatic carbocycles. The van der Waals surface area contributed by atoms with Gasteiger partial charge in [0.25, 0.3) is 5.91 Å². The molecule has 8 heteroatoms. The highest BCUT2D eigenvalue weighted by Crippen LogP contribution is 2.44. The van der Waals surface area contributed by atoms with Gasteiger partial charge in [0.15, 0.2) is 0 Å². The number of hydrogen-bond acceptors (Lipinski definition) is 8. The molecule has 0 heterocycles. The largest absolute Gasteiger partial charge is 0.345 e. The molecule has 0 spiro atoms. The van der Waals surface area contributed by atoms with Crippen LogP contribution in [0.3, 0.4) is 0 Å². The van der Waals surface area contributed by atoms with E-state index >= 15 is 0 Å². The molecule has 8 nitrogen and oxygen atoms in total. The fourth-order valence-electron chi connectivity index (χ4n) is 13.3. The predicted octanol–water partition coefficient (Wildman–Crippen LogP) is 27.6. The van der Waals surface area contributed by atoms with Crippen molar-refractivity contribution in [3.05, 3.63) is 0 Å². The van der Waals surface area contributed by atoms with Crippen molar-refractivity contribution in [1.82, 2.24) is 5.32 Å². The van der Waals surface area contributed by atoms with Gasteiger partial charge in [-0.25, -0.2) is 0 Å². The van der Waals surface area contributed by atoms with Gasteiger partial charge in [-0.1, -0.05) is 427 Å². The minimum absolute atomic E-state index is 0.334. The van der Waals surface area contributed by atoms with Gasteiger partial charge in [0, 0.05) is 6.54 Å². The first kappa shape index (κ1) is 90.7. The van der Waals surface area contributed by atoms with E-state index in [2.05, 4.69) is 53.8 Å². The first-order chi connectivity index (χ1) is 44.9. The van der Waals surface area contributed by atoms with E-state index in [1.165, 1.54) is 334 Å². The second-order valence-electron chi connectivity index (χ2n) is 28.7. The summed E-state index contributed by atoms with van der Waals surface area (Å²) in [5, 5.41) is 18.2. The topological polar surface area (TPSA) is 87.6 Å². The highest BCUT2D eigenvalue weighted by Gasteiger charge is 2.72. The van der Waals surface area contributed by atoms with Crippen molar-refractivity contribution in [2.45, 2.75) is 490 Å². The Morgan fingerprint density at radius 2 is 0.341 bits per heavy atom. The summed E-state index contributed by atoms with van der Waals surface area (Å²) in [5.74, 6) is -6.03. The Kier molecular flexibility index (Phi) is 73.7. The lowest BCUT2D eigenvalue weighted by molar-refractivity contribution is -0.551. The highest BCUT2D eigenvalue weighted by atomic mass is 16.9. The maximum Gasteiger partial charge on any atom is 0.345 e. The van der Waals surface area contributed by atoms with Crippen molar-refractivity contribution in [1.29, 1.82) is 0 Å². The molecule has 0 aliphatic carbocycles. The molecule has 0 atom stereocenters. The smallest absolute Gasteiger partial charge is 0.339 e. The number of ether oxygens (including phenoxy) is 6. The molecule has 0 rings (SSSR count). The molecule has 0 aromatic rings. The molecule has 0 saturated heterocycles. The number of aliphatic hydroxyl groups is 1. The zero-order chi connectivity index (χ0) is 66.1. The van der Waals surface area contributed by atoms with Gasteiger partial charge in [-0.15, -0.1) is 0 Å².